The first-order valence-corrected chi connectivity index (χ1v) is 10.0. The molecule has 1 aromatic carbocycles. The number of hydrogen-bond donors (Lipinski definition) is 0. The van der Waals surface area contributed by atoms with Crippen molar-refractivity contribution in [2.24, 2.45) is 5.10 Å². The van der Waals surface area contributed by atoms with Crippen LogP contribution in [0.15, 0.2) is 29.4 Å². The third-order valence-electron chi connectivity index (χ3n) is 5.17. The summed E-state index contributed by atoms with van der Waals surface area (Å²) < 4.78 is 5.92. The fraction of sp³-hybridized carbons (Fsp3) is 0.667. The van der Waals surface area contributed by atoms with Gasteiger partial charge >= 0.3 is 0 Å². The zero-order valence-corrected chi connectivity index (χ0v) is 15.9. The molecule has 138 valence electrons. The molecular formula is C21H33N3O. The molecule has 2 heterocycles. The Hall–Kier alpha value is -1.55. The van der Waals surface area contributed by atoms with Gasteiger partial charge in [-0.3, -0.25) is 5.01 Å². The molecule has 0 saturated carbocycles. The third-order valence-corrected chi connectivity index (χ3v) is 5.17. The summed E-state index contributed by atoms with van der Waals surface area (Å²) in [6.45, 7) is 9.98. The molecule has 0 unspecified atom stereocenters. The Morgan fingerprint density at radius 1 is 1.00 bits per heavy atom. The minimum atomic E-state index is 0.470. The van der Waals surface area contributed by atoms with Gasteiger partial charge in [0.05, 0.1) is 12.3 Å². The predicted octanol–water partition coefficient (Wildman–Crippen LogP) is 4.15. The molecule has 0 N–H and O–H groups in total. The molecule has 0 radical (unpaired) electrons. The van der Waals surface area contributed by atoms with E-state index < -0.39 is 0 Å². The molecule has 0 spiro atoms. The topological polar surface area (TPSA) is 28.1 Å². The van der Waals surface area contributed by atoms with Crippen LogP contribution in [-0.4, -0.2) is 54.4 Å². The van der Waals surface area contributed by atoms with Crippen molar-refractivity contribution in [1.82, 2.24) is 9.91 Å². The van der Waals surface area contributed by atoms with Crippen molar-refractivity contribution in [3.63, 3.8) is 0 Å². The number of ether oxygens (including phenoxy) is 1. The Balaban J connectivity index is 1.45. The molecule has 0 aliphatic carbocycles. The van der Waals surface area contributed by atoms with Gasteiger partial charge in [-0.15, -0.1) is 0 Å². The quantitative estimate of drug-likeness (QED) is 0.696. The second-order valence-electron chi connectivity index (χ2n) is 7.54. The minimum Gasteiger partial charge on any atom is -0.494 e. The molecule has 1 aromatic rings. The highest BCUT2D eigenvalue weighted by Gasteiger charge is 2.15. The second kappa shape index (κ2) is 9.23. The van der Waals surface area contributed by atoms with E-state index in [-0.39, 0.29) is 0 Å². The number of hydrogen-bond acceptors (Lipinski definition) is 4. The van der Waals surface area contributed by atoms with Gasteiger partial charge in [-0.1, -0.05) is 6.42 Å². The van der Waals surface area contributed by atoms with E-state index in [0.717, 1.165) is 31.7 Å². The van der Waals surface area contributed by atoms with Crippen LogP contribution in [0.2, 0.25) is 0 Å². The lowest BCUT2D eigenvalue weighted by atomic mass is 10.0. The average Bonchev–Trinajstić information content (AvgIpc) is 2.67. The van der Waals surface area contributed by atoms with E-state index in [9.17, 15) is 0 Å². The zero-order chi connectivity index (χ0) is 17.5. The largest absolute Gasteiger partial charge is 0.494 e. The van der Waals surface area contributed by atoms with Crippen LogP contribution in [0.3, 0.4) is 0 Å². The summed E-state index contributed by atoms with van der Waals surface area (Å²) in [5.41, 5.74) is 2.43. The monoisotopic (exact) mass is 343 g/mol. The number of rotatable bonds is 7. The van der Waals surface area contributed by atoms with Gasteiger partial charge in [0, 0.05) is 19.1 Å². The summed E-state index contributed by atoms with van der Waals surface area (Å²) in [6, 6.07) is 8.96. The molecule has 25 heavy (non-hydrogen) atoms. The molecule has 1 fully saturated rings. The molecule has 2 aliphatic heterocycles. The maximum absolute atomic E-state index is 5.92. The third kappa shape index (κ3) is 5.46. The summed E-state index contributed by atoms with van der Waals surface area (Å²) in [5.74, 6) is 0.972. The van der Waals surface area contributed by atoms with Crippen molar-refractivity contribution in [3.05, 3.63) is 29.8 Å². The van der Waals surface area contributed by atoms with Crippen LogP contribution in [-0.2, 0) is 0 Å². The van der Waals surface area contributed by atoms with E-state index >= 15 is 0 Å². The molecule has 3 rings (SSSR count). The standard InChI is InChI=1S/C21H33N3O/c1-18(2)24-16-6-8-21(22-24)19-9-11-20(12-10-19)25-17-7-15-23-13-4-3-5-14-23/h9-12,18H,3-8,13-17H2,1-2H3. The lowest BCUT2D eigenvalue weighted by molar-refractivity contribution is 0.205. The number of nitrogens with zero attached hydrogens (tertiary/aromatic N) is 3. The number of benzene rings is 1. The van der Waals surface area contributed by atoms with Gasteiger partial charge in [0.1, 0.15) is 5.75 Å². The van der Waals surface area contributed by atoms with Gasteiger partial charge in [-0.25, -0.2) is 0 Å². The highest BCUT2D eigenvalue weighted by Crippen LogP contribution is 2.19. The summed E-state index contributed by atoms with van der Waals surface area (Å²) in [7, 11) is 0. The first-order chi connectivity index (χ1) is 12.2. The second-order valence-corrected chi connectivity index (χ2v) is 7.54. The van der Waals surface area contributed by atoms with Crippen LogP contribution >= 0.6 is 0 Å². The molecule has 0 amide bonds. The Bertz CT molecular complexity index is 547. The van der Waals surface area contributed by atoms with Gasteiger partial charge in [0.25, 0.3) is 0 Å². The smallest absolute Gasteiger partial charge is 0.119 e. The van der Waals surface area contributed by atoms with Gasteiger partial charge in [0.15, 0.2) is 0 Å². The van der Waals surface area contributed by atoms with Gasteiger partial charge in [-0.2, -0.15) is 5.10 Å². The van der Waals surface area contributed by atoms with E-state index in [1.807, 2.05) is 0 Å². The molecule has 0 aromatic heterocycles. The lowest BCUT2D eigenvalue weighted by Crippen LogP contribution is -2.31. The number of piperidine rings is 1. The highest BCUT2D eigenvalue weighted by atomic mass is 16.5. The molecule has 0 atom stereocenters. The average molecular weight is 344 g/mol. The van der Waals surface area contributed by atoms with E-state index in [1.54, 1.807) is 0 Å². The molecule has 1 saturated heterocycles. The molecule has 4 heteroatoms. The summed E-state index contributed by atoms with van der Waals surface area (Å²) >= 11 is 0. The van der Waals surface area contributed by atoms with E-state index in [4.69, 9.17) is 9.84 Å². The normalized spacial score (nSPS) is 19.2. The molecule has 4 nitrogen and oxygen atoms in total. The van der Waals surface area contributed by atoms with Gasteiger partial charge < -0.3 is 9.64 Å². The van der Waals surface area contributed by atoms with Gasteiger partial charge in [-0.05, 0) is 88.9 Å². The summed E-state index contributed by atoms with van der Waals surface area (Å²) in [4.78, 5) is 2.57. The van der Waals surface area contributed by atoms with Crippen molar-refractivity contribution < 1.29 is 4.74 Å². The first kappa shape index (κ1) is 18.2. The summed E-state index contributed by atoms with van der Waals surface area (Å²) in [6.07, 6.45) is 7.49. The van der Waals surface area contributed by atoms with Crippen LogP contribution in [0, 0.1) is 0 Å². The van der Waals surface area contributed by atoms with Crippen molar-refractivity contribution >= 4 is 5.71 Å². The lowest BCUT2D eigenvalue weighted by Gasteiger charge is -2.28. The van der Waals surface area contributed by atoms with Crippen LogP contribution in [0.4, 0.5) is 0 Å². The van der Waals surface area contributed by atoms with Crippen LogP contribution < -0.4 is 4.74 Å². The Morgan fingerprint density at radius 3 is 2.48 bits per heavy atom. The molecule has 2 aliphatic rings. The van der Waals surface area contributed by atoms with E-state index in [1.165, 1.54) is 56.6 Å². The Kier molecular flexibility index (Phi) is 6.74. The van der Waals surface area contributed by atoms with Crippen molar-refractivity contribution in [1.29, 1.82) is 0 Å². The Labute approximate surface area is 152 Å². The predicted molar refractivity (Wildman–Crippen MR) is 104 cm³/mol. The van der Waals surface area contributed by atoms with Crippen molar-refractivity contribution in [2.45, 2.75) is 58.4 Å². The fourth-order valence-electron chi connectivity index (χ4n) is 3.64. The molecular weight excluding hydrogens is 310 g/mol. The van der Waals surface area contributed by atoms with Crippen LogP contribution in [0.25, 0.3) is 0 Å². The van der Waals surface area contributed by atoms with Gasteiger partial charge in [0.2, 0.25) is 0 Å². The van der Waals surface area contributed by atoms with Crippen LogP contribution in [0.1, 0.15) is 57.9 Å². The van der Waals surface area contributed by atoms with E-state index in [0.29, 0.717) is 6.04 Å². The maximum Gasteiger partial charge on any atom is 0.119 e. The van der Waals surface area contributed by atoms with Crippen molar-refractivity contribution in [2.75, 3.05) is 32.8 Å². The molecule has 0 bridgehead atoms. The SMILES string of the molecule is CC(C)N1CCCC(c2ccc(OCCCN3CCCCC3)cc2)=N1. The minimum absolute atomic E-state index is 0.470. The maximum atomic E-state index is 5.92. The Morgan fingerprint density at radius 2 is 1.76 bits per heavy atom. The van der Waals surface area contributed by atoms with Crippen molar-refractivity contribution in [3.8, 4) is 5.75 Å². The fourth-order valence-corrected chi connectivity index (χ4v) is 3.64. The van der Waals surface area contributed by atoms with E-state index in [2.05, 4.69) is 48.0 Å². The van der Waals surface area contributed by atoms with Crippen LogP contribution in [0.5, 0.6) is 5.75 Å². The summed E-state index contributed by atoms with van der Waals surface area (Å²) in [5, 5.41) is 7.01. The highest BCUT2D eigenvalue weighted by molar-refractivity contribution is 6.00. The number of likely N-dealkylation sites (tertiary alicyclic amines) is 1. The zero-order valence-electron chi connectivity index (χ0n) is 15.9. The first-order valence-electron chi connectivity index (χ1n) is 10.0. The number of hydrazone groups is 1.